The number of carbonyl (C=O) groups is 2. The average Bonchev–Trinajstić information content (AvgIpc) is 3.35. The maximum Gasteiger partial charge on any atom is 0.271 e. The first-order valence-electron chi connectivity index (χ1n) is 12.0. The van der Waals surface area contributed by atoms with E-state index in [1.165, 1.54) is 12.1 Å². The molecule has 0 saturated carbocycles. The van der Waals surface area contributed by atoms with Crippen molar-refractivity contribution in [1.29, 1.82) is 5.26 Å². The molecule has 192 valence electrons. The third-order valence-corrected chi connectivity index (χ3v) is 6.11. The van der Waals surface area contributed by atoms with Gasteiger partial charge in [-0.1, -0.05) is 18.2 Å². The van der Waals surface area contributed by atoms with Crippen molar-refractivity contribution in [3.8, 4) is 23.0 Å². The number of carbonyl (C=O) groups excluding carboxylic acids is 2. The fourth-order valence-electron chi connectivity index (χ4n) is 4.13. The van der Waals surface area contributed by atoms with Crippen molar-refractivity contribution in [3.63, 3.8) is 0 Å². The van der Waals surface area contributed by atoms with Crippen LogP contribution in [0.1, 0.15) is 25.8 Å². The lowest BCUT2D eigenvalue weighted by atomic mass is 9.93. The SMILES string of the molecule is CCOCCCN1C(=O)C(C#N)=C(C)/C(=C\c2cn(-c3ccccc3)nc2-c2ccc([N+](=O)[O-])cc2)C1=O. The van der Waals surface area contributed by atoms with Crippen LogP contribution in [0.3, 0.4) is 0 Å². The van der Waals surface area contributed by atoms with E-state index < -0.39 is 16.7 Å². The van der Waals surface area contributed by atoms with Crippen molar-refractivity contribution in [2.24, 2.45) is 0 Å². The molecule has 4 rings (SSSR count). The maximum absolute atomic E-state index is 13.5. The van der Waals surface area contributed by atoms with E-state index in [-0.39, 0.29) is 29.0 Å². The van der Waals surface area contributed by atoms with Crippen LogP contribution in [-0.2, 0) is 14.3 Å². The van der Waals surface area contributed by atoms with E-state index in [1.54, 1.807) is 36.0 Å². The number of amides is 2. The molecule has 0 spiro atoms. The first-order chi connectivity index (χ1) is 18.3. The number of nitro groups is 1. The highest BCUT2D eigenvalue weighted by molar-refractivity contribution is 6.19. The molecule has 0 unspecified atom stereocenters. The summed E-state index contributed by atoms with van der Waals surface area (Å²) in [6.07, 6.45) is 3.79. The number of non-ortho nitro benzene ring substituents is 1. The van der Waals surface area contributed by atoms with Gasteiger partial charge in [-0.15, -0.1) is 0 Å². The van der Waals surface area contributed by atoms with E-state index in [2.05, 4.69) is 0 Å². The van der Waals surface area contributed by atoms with E-state index in [1.807, 2.05) is 43.3 Å². The Bertz CT molecular complexity index is 1480. The predicted octanol–water partition coefficient (Wildman–Crippen LogP) is 4.47. The summed E-state index contributed by atoms with van der Waals surface area (Å²) in [5, 5.41) is 25.5. The standard InChI is InChI=1S/C28H25N5O5/c1-3-38-15-7-14-31-27(34)24(19(2)25(17-29)28(31)35)16-21-18-32(22-8-5-4-6-9-22)30-26(21)20-10-12-23(13-11-20)33(36)37/h4-6,8-13,16,18H,3,7,14-15H2,1-2H3/b24-16+. The lowest BCUT2D eigenvalue weighted by Gasteiger charge is -2.27. The summed E-state index contributed by atoms with van der Waals surface area (Å²) in [6.45, 7) is 4.45. The number of hydrogen-bond acceptors (Lipinski definition) is 7. The molecule has 1 aromatic heterocycles. The number of nitriles is 1. The summed E-state index contributed by atoms with van der Waals surface area (Å²) in [4.78, 5) is 38.1. The van der Waals surface area contributed by atoms with Crippen LogP contribution in [0.2, 0.25) is 0 Å². The predicted molar refractivity (Wildman–Crippen MR) is 140 cm³/mol. The van der Waals surface area contributed by atoms with E-state index in [9.17, 15) is 25.0 Å². The molecule has 10 nitrogen and oxygen atoms in total. The third kappa shape index (κ3) is 5.28. The van der Waals surface area contributed by atoms with Crippen LogP contribution in [0.15, 0.2) is 77.5 Å². The number of nitro benzene ring substituents is 1. The van der Waals surface area contributed by atoms with Gasteiger partial charge in [-0.05, 0) is 56.2 Å². The largest absolute Gasteiger partial charge is 0.382 e. The number of benzene rings is 2. The van der Waals surface area contributed by atoms with Crippen molar-refractivity contribution < 1.29 is 19.2 Å². The van der Waals surface area contributed by atoms with Gasteiger partial charge in [0, 0.05) is 54.8 Å². The molecular weight excluding hydrogens is 486 g/mol. The van der Waals surface area contributed by atoms with Gasteiger partial charge in [0.25, 0.3) is 17.5 Å². The van der Waals surface area contributed by atoms with Crippen LogP contribution in [0.25, 0.3) is 23.0 Å². The smallest absolute Gasteiger partial charge is 0.271 e. The molecule has 2 heterocycles. The molecule has 0 fully saturated rings. The molecule has 0 atom stereocenters. The summed E-state index contributed by atoms with van der Waals surface area (Å²) in [7, 11) is 0. The van der Waals surface area contributed by atoms with Gasteiger partial charge in [-0.25, -0.2) is 4.68 Å². The van der Waals surface area contributed by atoms with Crippen molar-refractivity contribution in [1.82, 2.24) is 14.7 Å². The molecular formula is C28H25N5O5. The number of aromatic nitrogens is 2. The lowest BCUT2D eigenvalue weighted by molar-refractivity contribution is -0.384. The summed E-state index contributed by atoms with van der Waals surface area (Å²) >= 11 is 0. The van der Waals surface area contributed by atoms with Gasteiger partial charge in [0.2, 0.25) is 0 Å². The zero-order chi connectivity index (χ0) is 27.2. The van der Waals surface area contributed by atoms with Crippen LogP contribution in [-0.4, -0.2) is 51.2 Å². The quantitative estimate of drug-likeness (QED) is 0.136. The second kappa shape index (κ2) is 11.5. The molecule has 0 bridgehead atoms. The first kappa shape index (κ1) is 26.2. The lowest BCUT2D eigenvalue weighted by Crippen LogP contribution is -2.43. The normalized spacial score (nSPS) is 14.8. The minimum absolute atomic E-state index is 0.0581. The average molecular weight is 512 g/mol. The van der Waals surface area contributed by atoms with Crippen LogP contribution in [0.4, 0.5) is 5.69 Å². The van der Waals surface area contributed by atoms with Gasteiger partial charge >= 0.3 is 0 Å². The number of hydrogen-bond donors (Lipinski definition) is 0. The zero-order valence-electron chi connectivity index (χ0n) is 21.0. The highest BCUT2D eigenvalue weighted by Crippen LogP contribution is 2.31. The highest BCUT2D eigenvalue weighted by Gasteiger charge is 2.35. The first-order valence-corrected chi connectivity index (χ1v) is 12.0. The van der Waals surface area contributed by atoms with E-state index in [0.29, 0.717) is 36.5 Å². The van der Waals surface area contributed by atoms with Crippen LogP contribution >= 0.6 is 0 Å². The molecule has 2 amide bonds. The van der Waals surface area contributed by atoms with Gasteiger partial charge < -0.3 is 4.74 Å². The Morgan fingerprint density at radius 3 is 2.45 bits per heavy atom. The Morgan fingerprint density at radius 1 is 1.11 bits per heavy atom. The number of para-hydroxylation sites is 1. The number of rotatable bonds is 9. The van der Waals surface area contributed by atoms with Gasteiger partial charge in [0.15, 0.2) is 0 Å². The van der Waals surface area contributed by atoms with Gasteiger partial charge in [0.05, 0.1) is 16.3 Å². The Morgan fingerprint density at radius 2 is 1.82 bits per heavy atom. The Hall–Kier alpha value is -4.88. The van der Waals surface area contributed by atoms with Crippen LogP contribution in [0, 0.1) is 21.4 Å². The third-order valence-electron chi connectivity index (χ3n) is 6.11. The zero-order valence-corrected chi connectivity index (χ0v) is 21.0. The topological polar surface area (TPSA) is 131 Å². The molecule has 0 saturated heterocycles. The van der Waals surface area contributed by atoms with Crippen molar-refractivity contribution in [2.75, 3.05) is 19.8 Å². The minimum Gasteiger partial charge on any atom is -0.382 e. The summed E-state index contributed by atoms with van der Waals surface area (Å²) in [5.74, 6) is -1.13. The Labute approximate surface area is 219 Å². The molecule has 3 aromatic rings. The van der Waals surface area contributed by atoms with Crippen molar-refractivity contribution in [2.45, 2.75) is 20.3 Å². The van der Waals surface area contributed by atoms with E-state index >= 15 is 0 Å². The molecule has 0 N–H and O–H groups in total. The van der Waals surface area contributed by atoms with E-state index in [4.69, 9.17) is 9.84 Å². The summed E-state index contributed by atoms with van der Waals surface area (Å²) in [5.41, 5.74) is 2.73. The molecule has 1 aliphatic heterocycles. The second-order valence-corrected chi connectivity index (χ2v) is 8.50. The molecule has 1 aliphatic rings. The van der Waals surface area contributed by atoms with Gasteiger partial charge in [-0.2, -0.15) is 10.4 Å². The molecule has 2 aromatic carbocycles. The Kier molecular flexibility index (Phi) is 7.89. The van der Waals surface area contributed by atoms with Crippen molar-refractivity contribution >= 4 is 23.6 Å². The highest BCUT2D eigenvalue weighted by atomic mass is 16.6. The fraction of sp³-hybridized carbons (Fsp3) is 0.214. The van der Waals surface area contributed by atoms with E-state index in [0.717, 1.165) is 10.6 Å². The molecule has 0 radical (unpaired) electrons. The molecule has 10 heteroatoms. The Balaban J connectivity index is 1.83. The monoisotopic (exact) mass is 511 g/mol. The minimum atomic E-state index is -0.626. The maximum atomic E-state index is 13.5. The number of imide groups is 1. The summed E-state index contributed by atoms with van der Waals surface area (Å²) < 4.78 is 6.97. The van der Waals surface area contributed by atoms with Crippen LogP contribution < -0.4 is 0 Å². The summed E-state index contributed by atoms with van der Waals surface area (Å²) in [6, 6.07) is 17.2. The molecule has 0 aliphatic carbocycles. The molecule has 38 heavy (non-hydrogen) atoms. The van der Waals surface area contributed by atoms with Gasteiger partial charge in [0.1, 0.15) is 11.6 Å². The van der Waals surface area contributed by atoms with Gasteiger partial charge in [-0.3, -0.25) is 24.6 Å². The fourth-order valence-corrected chi connectivity index (χ4v) is 4.13. The van der Waals surface area contributed by atoms with Crippen LogP contribution in [0.5, 0.6) is 0 Å². The van der Waals surface area contributed by atoms with Crippen molar-refractivity contribution in [3.05, 3.63) is 93.2 Å². The number of ether oxygens (including phenoxy) is 1. The second-order valence-electron chi connectivity index (χ2n) is 8.50. The number of nitrogens with zero attached hydrogens (tertiary/aromatic N) is 5.